The third kappa shape index (κ3) is 2.94. The van der Waals surface area contributed by atoms with Gasteiger partial charge in [0.2, 0.25) is 5.89 Å². The van der Waals surface area contributed by atoms with Crippen molar-refractivity contribution in [3.8, 4) is 0 Å². The molecule has 25 heavy (non-hydrogen) atoms. The quantitative estimate of drug-likeness (QED) is 0.724. The monoisotopic (exact) mass is 341 g/mol. The lowest BCUT2D eigenvalue weighted by Gasteiger charge is -2.32. The average Bonchev–Trinajstić information content (AvgIpc) is 3.12. The highest BCUT2D eigenvalue weighted by Crippen LogP contribution is 2.32. The Hall–Kier alpha value is -2.57. The smallest absolute Gasteiger partial charge is 0.229 e. The van der Waals surface area contributed by atoms with E-state index in [0.717, 1.165) is 25.2 Å². The third-order valence-electron chi connectivity index (χ3n) is 4.63. The number of benzene rings is 1. The molecule has 1 unspecified atom stereocenters. The molecule has 0 bridgehead atoms. The minimum Gasteiger partial charge on any atom is -0.355 e. The van der Waals surface area contributed by atoms with Crippen LogP contribution in [0.2, 0.25) is 0 Å². The highest BCUT2D eigenvalue weighted by molar-refractivity contribution is 5.89. The molecule has 3 heterocycles. The van der Waals surface area contributed by atoms with E-state index in [1.165, 1.54) is 12.4 Å². The number of hydrogen-bond donors (Lipinski definition) is 0. The first-order valence-corrected chi connectivity index (χ1v) is 8.61. The number of anilines is 1. The molecule has 0 amide bonds. The molecule has 7 heteroatoms. The molecular formula is C18H20FN5O. The SMILES string of the molecule is CC(C)c1nc(C2CCCN(c3ncnc4cccc(F)c34)C2)no1. The fourth-order valence-corrected chi connectivity index (χ4v) is 3.32. The molecule has 1 fully saturated rings. The van der Waals surface area contributed by atoms with Gasteiger partial charge in [-0.05, 0) is 25.0 Å². The Labute approximate surface area is 145 Å². The van der Waals surface area contributed by atoms with E-state index in [1.807, 2.05) is 13.8 Å². The summed E-state index contributed by atoms with van der Waals surface area (Å²) in [6.45, 7) is 5.57. The van der Waals surface area contributed by atoms with Crippen molar-refractivity contribution in [1.82, 2.24) is 20.1 Å². The summed E-state index contributed by atoms with van der Waals surface area (Å²) in [5, 5.41) is 4.62. The van der Waals surface area contributed by atoms with E-state index in [0.29, 0.717) is 29.2 Å². The summed E-state index contributed by atoms with van der Waals surface area (Å²) < 4.78 is 19.7. The molecule has 0 radical (unpaired) electrons. The molecule has 4 rings (SSSR count). The molecule has 0 saturated carbocycles. The maximum absolute atomic E-state index is 14.4. The van der Waals surface area contributed by atoms with E-state index in [9.17, 15) is 4.39 Å². The summed E-state index contributed by atoms with van der Waals surface area (Å²) in [6.07, 6.45) is 3.45. The second-order valence-corrected chi connectivity index (χ2v) is 6.76. The van der Waals surface area contributed by atoms with Crippen LogP contribution in [0.15, 0.2) is 29.0 Å². The summed E-state index contributed by atoms with van der Waals surface area (Å²) in [5.74, 6) is 2.10. The first-order chi connectivity index (χ1) is 12.1. The number of piperidine rings is 1. The predicted octanol–water partition coefficient (Wildman–Crippen LogP) is 3.66. The van der Waals surface area contributed by atoms with Crippen LogP contribution in [0.5, 0.6) is 0 Å². The van der Waals surface area contributed by atoms with Crippen LogP contribution in [0.1, 0.15) is 50.2 Å². The molecule has 0 spiro atoms. The van der Waals surface area contributed by atoms with E-state index in [2.05, 4.69) is 25.0 Å². The molecule has 6 nitrogen and oxygen atoms in total. The van der Waals surface area contributed by atoms with Crippen LogP contribution in [0.4, 0.5) is 10.2 Å². The lowest BCUT2D eigenvalue weighted by molar-refractivity contribution is 0.354. The molecule has 1 aromatic carbocycles. The Balaban J connectivity index is 1.65. The van der Waals surface area contributed by atoms with Gasteiger partial charge in [-0.25, -0.2) is 14.4 Å². The number of halogens is 1. The van der Waals surface area contributed by atoms with Crippen molar-refractivity contribution < 1.29 is 8.91 Å². The van der Waals surface area contributed by atoms with Crippen molar-refractivity contribution in [3.05, 3.63) is 42.1 Å². The van der Waals surface area contributed by atoms with Gasteiger partial charge in [-0.15, -0.1) is 0 Å². The van der Waals surface area contributed by atoms with E-state index in [1.54, 1.807) is 12.1 Å². The van der Waals surface area contributed by atoms with Crippen molar-refractivity contribution in [2.24, 2.45) is 0 Å². The lowest BCUT2D eigenvalue weighted by atomic mass is 9.97. The van der Waals surface area contributed by atoms with Gasteiger partial charge in [0.1, 0.15) is 18.0 Å². The zero-order valence-electron chi connectivity index (χ0n) is 14.3. The maximum Gasteiger partial charge on any atom is 0.229 e. The van der Waals surface area contributed by atoms with Gasteiger partial charge in [-0.1, -0.05) is 25.1 Å². The van der Waals surface area contributed by atoms with Gasteiger partial charge in [0.25, 0.3) is 0 Å². The number of nitrogens with zero attached hydrogens (tertiary/aromatic N) is 5. The van der Waals surface area contributed by atoms with Gasteiger partial charge in [0.15, 0.2) is 5.82 Å². The van der Waals surface area contributed by atoms with Crippen molar-refractivity contribution in [1.29, 1.82) is 0 Å². The molecule has 1 saturated heterocycles. The molecule has 1 aliphatic heterocycles. The Morgan fingerprint density at radius 1 is 1.28 bits per heavy atom. The lowest BCUT2D eigenvalue weighted by Crippen LogP contribution is -2.35. The molecule has 130 valence electrons. The summed E-state index contributed by atoms with van der Waals surface area (Å²) >= 11 is 0. The van der Waals surface area contributed by atoms with E-state index in [-0.39, 0.29) is 17.7 Å². The average molecular weight is 341 g/mol. The second kappa shape index (κ2) is 6.38. The Morgan fingerprint density at radius 3 is 2.96 bits per heavy atom. The number of hydrogen-bond acceptors (Lipinski definition) is 6. The van der Waals surface area contributed by atoms with Crippen LogP contribution in [0.25, 0.3) is 10.9 Å². The van der Waals surface area contributed by atoms with Gasteiger partial charge < -0.3 is 9.42 Å². The van der Waals surface area contributed by atoms with Crippen LogP contribution >= 0.6 is 0 Å². The predicted molar refractivity (Wildman–Crippen MR) is 92.1 cm³/mol. The van der Waals surface area contributed by atoms with Crippen LogP contribution in [0, 0.1) is 5.82 Å². The number of aromatic nitrogens is 4. The van der Waals surface area contributed by atoms with Crippen LogP contribution < -0.4 is 4.90 Å². The van der Waals surface area contributed by atoms with Crippen LogP contribution in [-0.4, -0.2) is 33.2 Å². The molecule has 2 aromatic heterocycles. The summed E-state index contributed by atoms with van der Waals surface area (Å²) in [5.41, 5.74) is 0.619. The zero-order valence-corrected chi connectivity index (χ0v) is 14.3. The van der Waals surface area contributed by atoms with Crippen molar-refractivity contribution in [3.63, 3.8) is 0 Å². The normalized spacial score (nSPS) is 18.2. The van der Waals surface area contributed by atoms with Gasteiger partial charge in [0, 0.05) is 24.9 Å². The standard InChI is InChI=1S/C18H20FN5O/c1-11(2)18-22-16(23-25-18)12-5-4-8-24(9-12)17-15-13(19)6-3-7-14(15)20-10-21-17/h3,6-7,10-12H,4-5,8-9H2,1-2H3. The topological polar surface area (TPSA) is 67.9 Å². The molecule has 1 atom stereocenters. The summed E-state index contributed by atoms with van der Waals surface area (Å²) in [4.78, 5) is 15.2. The van der Waals surface area contributed by atoms with Gasteiger partial charge >= 0.3 is 0 Å². The van der Waals surface area contributed by atoms with Crippen molar-refractivity contribution >= 4 is 16.7 Å². The van der Waals surface area contributed by atoms with E-state index in [4.69, 9.17) is 4.52 Å². The largest absolute Gasteiger partial charge is 0.355 e. The molecule has 0 aliphatic carbocycles. The highest BCUT2D eigenvalue weighted by atomic mass is 19.1. The van der Waals surface area contributed by atoms with E-state index >= 15 is 0 Å². The van der Waals surface area contributed by atoms with E-state index < -0.39 is 0 Å². The molecule has 1 aliphatic rings. The van der Waals surface area contributed by atoms with Gasteiger partial charge in [-0.3, -0.25) is 0 Å². The summed E-state index contributed by atoms with van der Waals surface area (Å²) in [7, 11) is 0. The Bertz CT molecular complexity index is 889. The van der Waals surface area contributed by atoms with Crippen molar-refractivity contribution in [2.45, 2.75) is 38.5 Å². The molecule has 3 aromatic rings. The Kier molecular flexibility index (Phi) is 4.07. The zero-order chi connectivity index (χ0) is 17.4. The molecule has 0 N–H and O–H groups in total. The number of rotatable bonds is 3. The maximum atomic E-state index is 14.4. The van der Waals surface area contributed by atoms with Crippen LogP contribution in [0.3, 0.4) is 0 Å². The minimum atomic E-state index is -0.295. The fraction of sp³-hybridized carbons (Fsp3) is 0.444. The first kappa shape index (κ1) is 15.9. The van der Waals surface area contributed by atoms with Gasteiger partial charge in [0.05, 0.1) is 10.9 Å². The van der Waals surface area contributed by atoms with Crippen LogP contribution in [-0.2, 0) is 0 Å². The third-order valence-corrected chi connectivity index (χ3v) is 4.63. The minimum absolute atomic E-state index is 0.154. The highest BCUT2D eigenvalue weighted by Gasteiger charge is 2.28. The fourth-order valence-electron chi connectivity index (χ4n) is 3.32. The summed E-state index contributed by atoms with van der Waals surface area (Å²) in [6, 6.07) is 4.92. The second-order valence-electron chi connectivity index (χ2n) is 6.76. The first-order valence-electron chi connectivity index (χ1n) is 8.61. The van der Waals surface area contributed by atoms with Crippen molar-refractivity contribution in [2.75, 3.05) is 18.0 Å². The van der Waals surface area contributed by atoms with Gasteiger partial charge in [-0.2, -0.15) is 4.98 Å². The number of fused-ring (bicyclic) bond motifs is 1. The Morgan fingerprint density at radius 2 is 2.16 bits per heavy atom. The molecular weight excluding hydrogens is 321 g/mol.